The number of aromatic nitrogens is 2. The number of hydrogen-bond acceptors (Lipinski definition) is 2. The van der Waals surface area contributed by atoms with Crippen molar-refractivity contribution in [2.24, 2.45) is 0 Å². The summed E-state index contributed by atoms with van der Waals surface area (Å²) >= 11 is 0. The molecule has 0 aliphatic heterocycles. The first kappa shape index (κ1) is 33.0. The van der Waals surface area contributed by atoms with E-state index in [2.05, 4.69) is 22.1 Å². The Bertz CT molecular complexity index is 1260. The third kappa shape index (κ3) is 13.0. The molecule has 0 spiro atoms. The van der Waals surface area contributed by atoms with E-state index in [0.717, 1.165) is 48.8 Å². The van der Waals surface area contributed by atoms with Crippen LogP contribution >= 0.6 is 7.81 Å². The summed E-state index contributed by atoms with van der Waals surface area (Å²) in [5.41, 5.74) is 0.482. The summed E-state index contributed by atoms with van der Waals surface area (Å²) in [6.07, 6.45) is 1.93. The normalized spacial score (nSPS) is 12.4. The van der Waals surface area contributed by atoms with Gasteiger partial charge in [-0.15, -0.1) is 24.3 Å². The predicted octanol–water partition coefficient (Wildman–Crippen LogP) is 9.31. The summed E-state index contributed by atoms with van der Waals surface area (Å²) in [5, 5.41) is 0. The van der Waals surface area contributed by atoms with Gasteiger partial charge >= 0.3 is 53.1 Å². The summed E-state index contributed by atoms with van der Waals surface area (Å²) in [6, 6.07) is 13.2. The fourth-order valence-electron chi connectivity index (χ4n) is 2.33. The van der Waals surface area contributed by atoms with Gasteiger partial charge in [0.05, 0.1) is 12.4 Å². The molecule has 0 saturated heterocycles. The smallest absolute Gasteiger partial charge is 0.302 e. The fraction of sp³-hybridized carbons (Fsp3) is 0. The van der Waals surface area contributed by atoms with Gasteiger partial charge in [0.2, 0.25) is 0 Å². The third-order valence-electron chi connectivity index (χ3n) is 3.68. The van der Waals surface area contributed by atoms with Crippen LogP contribution in [0.5, 0.6) is 0 Å². The molecule has 206 valence electrons. The van der Waals surface area contributed by atoms with Gasteiger partial charge in [0.1, 0.15) is 11.6 Å². The number of hydrogen-bond donors (Lipinski definition) is 0. The van der Waals surface area contributed by atoms with E-state index in [9.17, 15) is 51.5 Å². The fourth-order valence-corrected chi connectivity index (χ4v) is 2.33. The van der Waals surface area contributed by atoms with Gasteiger partial charge in [-0.3, -0.25) is 17.6 Å². The van der Waals surface area contributed by atoms with E-state index in [0.29, 0.717) is 0 Å². The molecule has 0 aliphatic carbocycles. The molecule has 2 aromatic carbocycles. The van der Waals surface area contributed by atoms with Crippen LogP contribution in [0.1, 0.15) is 0 Å². The van der Waals surface area contributed by atoms with Gasteiger partial charge < -0.3 is 9.97 Å². The average molecular weight is 754 g/mol. The van der Waals surface area contributed by atoms with Crippen molar-refractivity contribution in [3.63, 3.8) is 0 Å². The topological polar surface area (TPSA) is 25.8 Å². The summed E-state index contributed by atoms with van der Waals surface area (Å²) < 4.78 is 136. The van der Waals surface area contributed by atoms with Crippen LogP contribution in [0.4, 0.5) is 51.5 Å². The van der Waals surface area contributed by atoms with E-state index < -0.39 is 42.7 Å². The van der Waals surface area contributed by atoms with Crippen molar-refractivity contribution in [2.75, 3.05) is 0 Å². The molecule has 4 rings (SSSR count). The van der Waals surface area contributed by atoms with Crippen LogP contribution in [0, 0.1) is 47.0 Å². The second kappa shape index (κ2) is 11.8. The summed E-state index contributed by atoms with van der Waals surface area (Å²) in [6.45, 7) is 0. The molecule has 0 atom stereocenters. The number of halogens is 12. The average Bonchev–Trinajstić information content (AvgIpc) is 2.74. The maximum Gasteiger partial charge on any atom is 3.00 e. The van der Waals surface area contributed by atoms with Crippen LogP contribution in [0.15, 0.2) is 60.9 Å². The molecule has 2 nitrogen and oxygen atoms in total. The van der Waals surface area contributed by atoms with Gasteiger partial charge in [-0.2, -0.15) is 0 Å². The Balaban J connectivity index is 0.000000301. The Kier molecular flexibility index (Phi) is 10.2. The van der Waals surface area contributed by atoms with Gasteiger partial charge in [-0.25, -0.2) is 8.78 Å². The Morgan fingerprint density at radius 1 is 0.526 bits per heavy atom. The molecule has 0 fully saturated rings. The van der Waals surface area contributed by atoms with Crippen molar-refractivity contribution in [2.45, 2.75) is 0 Å². The summed E-state index contributed by atoms with van der Waals surface area (Å²) in [7, 11) is -10.7. The van der Waals surface area contributed by atoms with Crippen LogP contribution in [0.2, 0.25) is 0 Å². The van der Waals surface area contributed by atoms with Gasteiger partial charge in [0.15, 0.2) is 0 Å². The monoisotopic (exact) mass is 754 g/mol. The van der Waals surface area contributed by atoms with E-state index in [-0.39, 0.29) is 42.6 Å². The van der Waals surface area contributed by atoms with Crippen LogP contribution in [0.3, 0.4) is 0 Å². The van der Waals surface area contributed by atoms with Crippen LogP contribution < -0.4 is 0 Å². The number of pyridine rings is 2. The molecule has 0 bridgehead atoms. The summed E-state index contributed by atoms with van der Waals surface area (Å²) in [4.78, 5) is 7.34. The zero-order chi connectivity index (χ0) is 28.1. The van der Waals surface area contributed by atoms with Crippen molar-refractivity contribution >= 4 is 7.81 Å². The molecule has 38 heavy (non-hydrogen) atoms. The van der Waals surface area contributed by atoms with Crippen LogP contribution in [0.25, 0.3) is 22.5 Å². The first-order valence-corrected chi connectivity index (χ1v) is 11.3. The predicted molar refractivity (Wildman–Crippen MR) is 110 cm³/mol. The second-order valence-electron chi connectivity index (χ2n) is 6.76. The Morgan fingerprint density at radius 2 is 0.842 bits per heavy atom. The van der Waals surface area contributed by atoms with Crippen molar-refractivity contribution < 1.29 is 71.6 Å². The quantitative estimate of drug-likeness (QED) is 0.116. The first-order valence-electron chi connectivity index (χ1n) is 9.32. The van der Waals surface area contributed by atoms with Gasteiger partial charge in [0.25, 0.3) is 0 Å². The molecule has 0 unspecified atom stereocenters. The summed E-state index contributed by atoms with van der Waals surface area (Å²) in [5.74, 6) is -3.98. The van der Waals surface area contributed by atoms with Gasteiger partial charge in [0, 0.05) is 23.3 Å². The van der Waals surface area contributed by atoms with E-state index in [1.165, 1.54) is 12.1 Å². The molecule has 4 aromatic rings. The molecule has 0 aliphatic rings. The molecule has 16 heteroatoms. The number of rotatable bonds is 2. The van der Waals surface area contributed by atoms with Crippen molar-refractivity contribution in [3.8, 4) is 22.5 Å². The van der Waals surface area contributed by atoms with E-state index in [4.69, 9.17) is 0 Å². The Labute approximate surface area is 220 Å². The van der Waals surface area contributed by atoms with Gasteiger partial charge in [-0.05, 0) is 23.5 Å². The van der Waals surface area contributed by atoms with Crippen molar-refractivity contribution in [3.05, 3.63) is 108 Å². The van der Waals surface area contributed by atoms with E-state index in [1.807, 2.05) is 0 Å². The molecule has 0 N–H and O–H groups in total. The standard InChI is InChI=1S/2C11H5F3N.F6P.Ir/c2*12-7-1-3-9(10(14)5-7)11-4-2-8(13)6-15-11;1-7(2,3,4,5)6;/h2*1-2,4-6H;;/q3*-1;+3. The first-order chi connectivity index (χ1) is 16.8. The van der Waals surface area contributed by atoms with Crippen molar-refractivity contribution in [1.82, 2.24) is 9.97 Å². The molecule has 2 heterocycles. The molecule has 0 radical (unpaired) electrons. The molecular weight excluding hydrogens is 743 g/mol. The molecule has 2 aromatic heterocycles. The molecule has 0 amide bonds. The van der Waals surface area contributed by atoms with Gasteiger partial charge in [-0.1, -0.05) is 35.4 Å². The van der Waals surface area contributed by atoms with E-state index >= 15 is 0 Å². The zero-order valence-electron chi connectivity index (χ0n) is 18.0. The third-order valence-corrected chi connectivity index (χ3v) is 3.68. The minimum absolute atomic E-state index is 0. The minimum atomic E-state index is -10.7. The number of nitrogens with zero attached hydrogens (tertiary/aromatic N) is 2. The number of benzene rings is 2. The maximum absolute atomic E-state index is 13.2. The molecule has 0 saturated carbocycles. The van der Waals surface area contributed by atoms with Crippen molar-refractivity contribution in [1.29, 1.82) is 0 Å². The Morgan fingerprint density at radius 3 is 1.08 bits per heavy atom. The van der Waals surface area contributed by atoms with Crippen LogP contribution in [-0.4, -0.2) is 9.97 Å². The second-order valence-corrected chi connectivity index (χ2v) is 8.68. The minimum Gasteiger partial charge on any atom is -0.302 e. The molecular formula is C22H10F12IrN2P. The maximum atomic E-state index is 13.2. The van der Waals surface area contributed by atoms with Crippen LogP contribution in [-0.2, 0) is 20.1 Å². The largest absolute Gasteiger partial charge is 3.00 e. The van der Waals surface area contributed by atoms with E-state index in [1.54, 1.807) is 0 Å². The SMILES string of the molecule is F[P-](F)(F)(F)(F)F.Fc1ccc(-c2[c-]cc(F)cc2F)nc1.Fc1ccc(-c2[c-]cc(F)cc2F)nc1.[Ir+3]. The Hall–Kier alpha value is -3.02. The zero-order valence-corrected chi connectivity index (χ0v) is 21.3.